The Balaban J connectivity index is 1.65. The Morgan fingerprint density at radius 2 is 2.05 bits per heavy atom. The van der Waals surface area contributed by atoms with Gasteiger partial charge in [-0.05, 0) is 25.8 Å². The summed E-state index contributed by atoms with van der Waals surface area (Å²) in [6.07, 6.45) is 2.26. The molecule has 0 fully saturated rings. The minimum Gasteiger partial charge on any atom is -0.314 e. The number of nitrogens with zero attached hydrogens (tertiary/aromatic N) is 3. The van der Waals surface area contributed by atoms with Gasteiger partial charge in [-0.2, -0.15) is 0 Å². The quantitative estimate of drug-likeness (QED) is 0.913. The highest BCUT2D eigenvalue weighted by molar-refractivity contribution is 5.21. The fraction of sp³-hybridized carbons (Fsp3) is 0.467. The van der Waals surface area contributed by atoms with E-state index in [1.54, 1.807) is 0 Å². The molecule has 0 amide bonds. The van der Waals surface area contributed by atoms with Crippen LogP contribution >= 0.6 is 0 Å². The average Bonchev–Trinajstić information content (AvgIpc) is 3.00. The van der Waals surface area contributed by atoms with Crippen molar-refractivity contribution < 1.29 is 0 Å². The third-order valence-corrected chi connectivity index (χ3v) is 3.76. The van der Waals surface area contributed by atoms with Gasteiger partial charge in [0.05, 0.1) is 6.04 Å². The van der Waals surface area contributed by atoms with Crippen molar-refractivity contribution in [1.82, 2.24) is 20.1 Å². The fourth-order valence-corrected chi connectivity index (χ4v) is 2.56. The van der Waals surface area contributed by atoms with Crippen molar-refractivity contribution in [3.05, 3.63) is 47.0 Å². The van der Waals surface area contributed by atoms with Crippen LogP contribution < -0.4 is 5.32 Å². The first-order valence-electron chi connectivity index (χ1n) is 6.95. The van der Waals surface area contributed by atoms with Crippen LogP contribution in [0.1, 0.15) is 42.2 Å². The zero-order valence-corrected chi connectivity index (χ0v) is 11.6. The molecular weight excluding hydrogens is 236 g/mol. The van der Waals surface area contributed by atoms with E-state index in [9.17, 15) is 0 Å². The summed E-state index contributed by atoms with van der Waals surface area (Å²) in [6, 6.07) is 8.88. The molecule has 1 aromatic carbocycles. The molecule has 1 unspecified atom stereocenters. The monoisotopic (exact) mass is 256 g/mol. The lowest BCUT2D eigenvalue weighted by Gasteiger charge is -2.14. The SMILES string of the molecule is Cc1ccc(CNC(C)c2nnc3n2CCC3)cc1. The van der Waals surface area contributed by atoms with Gasteiger partial charge in [-0.15, -0.1) is 10.2 Å². The summed E-state index contributed by atoms with van der Waals surface area (Å²) >= 11 is 0. The van der Waals surface area contributed by atoms with Crippen molar-refractivity contribution in [2.24, 2.45) is 0 Å². The number of nitrogens with one attached hydrogen (secondary N) is 1. The molecule has 0 radical (unpaired) electrons. The Bertz CT molecular complexity index is 556. The van der Waals surface area contributed by atoms with Crippen LogP contribution in [-0.4, -0.2) is 14.8 Å². The number of rotatable bonds is 4. The largest absolute Gasteiger partial charge is 0.314 e. The zero-order chi connectivity index (χ0) is 13.2. The fourth-order valence-electron chi connectivity index (χ4n) is 2.56. The smallest absolute Gasteiger partial charge is 0.149 e. The molecule has 4 heteroatoms. The van der Waals surface area contributed by atoms with Crippen LogP contribution in [-0.2, 0) is 19.5 Å². The number of hydrogen-bond donors (Lipinski definition) is 1. The first kappa shape index (κ1) is 12.4. The Morgan fingerprint density at radius 1 is 1.26 bits per heavy atom. The predicted molar refractivity (Wildman–Crippen MR) is 74.8 cm³/mol. The number of benzene rings is 1. The maximum absolute atomic E-state index is 4.31. The van der Waals surface area contributed by atoms with Gasteiger partial charge in [0.2, 0.25) is 0 Å². The Kier molecular flexibility index (Phi) is 3.34. The van der Waals surface area contributed by atoms with Crippen LogP contribution in [0.25, 0.3) is 0 Å². The molecule has 2 aromatic rings. The summed E-state index contributed by atoms with van der Waals surface area (Å²) in [6.45, 7) is 6.20. The molecular formula is C15H20N4. The van der Waals surface area contributed by atoms with Gasteiger partial charge < -0.3 is 9.88 Å². The molecule has 1 aromatic heterocycles. The van der Waals surface area contributed by atoms with Crippen LogP contribution in [0.15, 0.2) is 24.3 Å². The lowest BCUT2D eigenvalue weighted by molar-refractivity contribution is 0.516. The molecule has 100 valence electrons. The van der Waals surface area contributed by atoms with Crippen LogP contribution in [0.4, 0.5) is 0 Å². The van der Waals surface area contributed by atoms with Crippen molar-refractivity contribution in [2.75, 3.05) is 0 Å². The standard InChI is InChI=1S/C15H20N4/c1-11-5-7-13(8-6-11)10-16-12(2)15-18-17-14-4-3-9-19(14)15/h5-8,12,16H,3-4,9-10H2,1-2H3. The molecule has 1 aliphatic rings. The molecule has 0 saturated carbocycles. The van der Waals surface area contributed by atoms with Gasteiger partial charge in [0.15, 0.2) is 0 Å². The van der Waals surface area contributed by atoms with Gasteiger partial charge >= 0.3 is 0 Å². The second-order valence-electron chi connectivity index (χ2n) is 5.32. The molecule has 1 atom stereocenters. The average molecular weight is 256 g/mol. The number of fused-ring (bicyclic) bond motifs is 1. The van der Waals surface area contributed by atoms with Crippen molar-refractivity contribution in [2.45, 2.75) is 45.8 Å². The van der Waals surface area contributed by atoms with Gasteiger partial charge in [-0.3, -0.25) is 0 Å². The summed E-state index contributed by atoms with van der Waals surface area (Å²) in [5, 5.41) is 12.1. The second-order valence-corrected chi connectivity index (χ2v) is 5.32. The minimum absolute atomic E-state index is 0.237. The molecule has 0 aliphatic carbocycles. The molecule has 0 spiro atoms. The van der Waals surface area contributed by atoms with Crippen molar-refractivity contribution in [3.8, 4) is 0 Å². The lowest BCUT2D eigenvalue weighted by Crippen LogP contribution is -2.21. The van der Waals surface area contributed by atoms with E-state index in [0.29, 0.717) is 0 Å². The summed E-state index contributed by atoms with van der Waals surface area (Å²) in [7, 11) is 0. The van der Waals surface area contributed by atoms with Crippen LogP contribution in [0.3, 0.4) is 0 Å². The first-order chi connectivity index (χ1) is 9.24. The Morgan fingerprint density at radius 3 is 2.84 bits per heavy atom. The summed E-state index contributed by atoms with van der Waals surface area (Å²) in [4.78, 5) is 0. The van der Waals surface area contributed by atoms with Crippen LogP contribution in [0.5, 0.6) is 0 Å². The lowest BCUT2D eigenvalue weighted by atomic mass is 10.1. The molecule has 2 heterocycles. The van der Waals surface area contributed by atoms with E-state index in [-0.39, 0.29) is 6.04 Å². The molecule has 19 heavy (non-hydrogen) atoms. The third kappa shape index (κ3) is 2.54. The maximum atomic E-state index is 4.31. The number of aryl methyl sites for hydroxylation is 2. The van der Waals surface area contributed by atoms with E-state index >= 15 is 0 Å². The second kappa shape index (κ2) is 5.13. The molecule has 4 nitrogen and oxygen atoms in total. The molecule has 1 aliphatic heterocycles. The van der Waals surface area contributed by atoms with E-state index in [1.165, 1.54) is 17.5 Å². The van der Waals surface area contributed by atoms with Gasteiger partial charge in [0.25, 0.3) is 0 Å². The van der Waals surface area contributed by atoms with E-state index in [4.69, 9.17) is 0 Å². The van der Waals surface area contributed by atoms with Crippen molar-refractivity contribution in [1.29, 1.82) is 0 Å². The maximum Gasteiger partial charge on any atom is 0.149 e. The highest BCUT2D eigenvalue weighted by Gasteiger charge is 2.20. The highest BCUT2D eigenvalue weighted by atomic mass is 15.3. The normalized spacial score (nSPS) is 15.5. The minimum atomic E-state index is 0.237. The predicted octanol–water partition coefficient (Wildman–Crippen LogP) is 2.38. The van der Waals surface area contributed by atoms with Crippen LogP contribution in [0.2, 0.25) is 0 Å². The van der Waals surface area contributed by atoms with Crippen LogP contribution in [0, 0.1) is 6.92 Å². The summed E-state index contributed by atoms with van der Waals surface area (Å²) in [5.41, 5.74) is 2.60. The van der Waals surface area contributed by atoms with Gasteiger partial charge in [0, 0.05) is 19.5 Å². The zero-order valence-electron chi connectivity index (χ0n) is 11.6. The van der Waals surface area contributed by atoms with Crippen molar-refractivity contribution in [3.63, 3.8) is 0 Å². The molecule has 0 saturated heterocycles. The Hall–Kier alpha value is -1.68. The topological polar surface area (TPSA) is 42.7 Å². The molecule has 0 bridgehead atoms. The van der Waals surface area contributed by atoms with E-state index in [1.807, 2.05) is 0 Å². The highest BCUT2D eigenvalue weighted by Crippen LogP contribution is 2.19. The number of aromatic nitrogens is 3. The molecule has 3 rings (SSSR count). The molecule has 1 N–H and O–H groups in total. The first-order valence-corrected chi connectivity index (χ1v) is 6.95. The van der Waals surface area contributed by atoms with E-state index in [2.05, 4.69) is 58.2 Å². The summed E-state index contributed by atoms with van der Waals surface area (Å²) in [5.74, 6) is 2.21. The van der Waals surface area contributed by atoms with E-state index < -0.39 is 0 Å². The van der Waals surface area contributed by atoms with Gasteiger partial charge in [-0.1, -0.05) is 29.8 Å². The Labute approximate surface area is 113 Å². The third-order valence-electron chi connectivity index (χ3n) is 3.76. The van der Waals surface area contributed by atoms with Gasteiger partial charge in [0.1, 0.15) is 11.6 Å². The summed E-state index contributed by atoms with van der Waals surface area (Å²) < 4.78 is 2.26. The van der Waals surface area contributed by atoms with Crippen molar-refractivity contribution >= 4 is 0 Å². The van der Waals surface area contributed by atoms with Gasteiger partial charge in [-0.25, -0.2) is 0 Å². The number of hydrogen-bond acceptors (Lipinski definition) is 3. The van der Waals surface area contributed by atoms with E-state index in [0.717, 1.165) is 31.2 Å².